The molecule has 0 unspecified atom stereocenters. The number of nitrogens with two attached hydrogens (primary N) is 1. The van der Waals surface area contributed by atoms with Crippen molar-refractivity contribution in [2.24, 2.45) is 5.73 Å². The number of carbonyl (C=O) groups is 1. The Morgan fingerprint density at radius 2 is 1.95 bits per heavy atom. The SMILES string of the molecule is C=C(Cc1ccc(Nc2ccnc(C)c2)cc1)C(N)=O. The number of pyridine rings is 1. The Bertz CT molecular complexity index is 632. The van der Waals surface area contributed by atoms with Crippen LogP contribution >= 0.6 is 0 Å². The lowest BCUT2D eigenvalue weighted by Crippen LogP contribution is -2.14. The molecular weight excluding hydrogens is 250 g/mol. The Balaban J connectivity index is 2.05. The maximum absolute atomic E-state index is 10.9. The first-order chi connectivity index (χ1) is 9.54. The normalized spacial score (nSPS) is 10.1. The molecule has 1 amide bonds. The molecule has 2 rings (SSSR count). The summed E-state index contributed by atoms with van der Waals surface area (Å²) in [5.74, 6) is -0.459. The second-order valence-corrected chi connectivity index (χ2v) is 4.65. The van der Waals surface area contributed by atoms with Gasteiger partial charge >= 0.3 is 0 Å². The lowest BCUT2D eigenvalue weighted by molar-refractivity contribution is -0.114. The van der Waals surface area contributed by atoms with Crippen LogP contribution in [0.15, 0.2) is 54.7 Å². The van der Waals surface area contributed by atoms with Crippen molar-refractivity contribution in [3.63, 3.8) is 0 Å². The van der Waals surface area contributed by atoms with Gasteiger partial charge in [-0.15, -0.1) is 0 Å². The molecule has 0 radical (unpaired) electrons. The standard InChI is InChI=1S/C16H17N3O/c1-11(16(17)20)9-13-3-5-14(6-4-13)19-15-7-8-18-12(2)10-15/h3-8,10H,1,9H2,2H3,(H2,17,20)(H,18,19). The highest BCUT2D eigenvalue weighted by Gasteiger charge is 2.03. The molecule has 0 aliphatic heterocycles. The van der Waals surface area contributed by atoms with E-state index in [9.17, 15) is 4.79 Å². The minimum Gasteiger partial charge on any atom is -0.366 e. The second kappa shape index (κ2) is 6.02. The number of hydrogen-bond acceptors (Lipinski definition) is 3. The summed E-state index contributed by atoms with van der Waals surface area (Å²) in [7, 11) is 0. The number of nitrogens with one attached hydrogen (secondary N) is 1. The molecule has 2 aromatic rings. The van der Waals surface area contributed by atoms with Gasteiger partial charge in [0.15, 0.2) is 0 Å². The van der Waals surface area contributed by atoms with E-state index < -0.39 is 5.91 Å². The van der Waals surface area contributed by atoms with Gasteiger partial charge in [0.05, 0.1) is 0 Å². The summed E-state index contributed by atoms with van der Waals surface area (Å²) in [6.07, 6.45) is 2.24. The summed E-state index contributed by atoms with van der Waals surface area (Å²) in [5, 5.41) is 3.29. The van der Waals surface area contributed by atoms with E-state index in [4.69, 9.17) is 5.73 Å². The zero-order valence-corrected chi connectivity index (χ0v) is 11.4. The van der Waals surface area contributed by atoms with Crippen molar-refractivity contribution in [2.75, 3.05) is 5.32 Å². The number of aryl methyl sites for hydroxylation is 1. The fourth-order valence-corrected chi connectivity index (χ4v) is 1.83. The van der Waals surface area contributed by atoms with Crippen LogP contribution in [0.5, 0.6) is 0 Å². The quantitative estimate of drug-likeness (QED) is 0.818. The molecule has 0 bridgehead atoms. The summed E-state index contributed by atoms with van der Waals surface area (Å²) in [6.45, 7) is 5.60. The Morgan fingerprint density at radius 3 is 2.55 bits per heavy atom. The van der Waals surface area contributed by atoms with Crippen molar-refractivity contribution in [1.82, 2.24) is 4.98 Å². The molecule has 102 valence electrons. The highest BCUT2D eigenvalue weighted by atomic mass is 16.1. The number of aromatic nitrogens is 1. The van der Waals surface area contributed by atoms with Crippen LogP contribution in [0, 0.1) is 6.92 Å². The van der Waals surface area contributed by atoms with E-state index in [2.05, 4.69) is 16.9 Å². The molecule has 0 fully saturated rings. The van der Waals surface area contributed by atoms with Crippen molar-refractivity contribution in [2.45, 2.75) is 13.3 Å². The van der Waals surface area contributed by atoms with Crippen molar-refractivity contribution >= 4 is 17.3 Å². The van der Waals surface area contributed by atoms with Gasteiger partial charge in [0.25, 0.3) is 0 Å². The van der Waals surface area contributed by atoms with Crippen LogP contribution in [0.25, 0.3) is 0 Å². The molecule has 3 N–H and O–H groups in total. The number of primary amides is 1. The number of hydrogen-bond donors (Lipinski definition) is 2. The molecule has 4 heteroatoms. The van der Waals surface area contributed by atoms with Crippen LogP contribution in [0.4, 0.5) is 11.4 Å². The van der Waals surface area contributed by atoms with E-state index in [0.29, 0.717) is 12.0 Å². The van der Waals surface area contributed by atoms with E-state index in [1.165, 1.54) is 0 Å². The number of nitrogens with zero attached hydrogens (tertiary/aromatic N) is 1. The van der Waals surface area contributed by atoms with Gasteiger partial charge in [-0.05, 0) is 36.8 Å². The van der Waals surface area contributed by atoms with Crippen LogP contribution < -0.4 is 11.1 Å². The average Bonchev–Trinajstić information content (AvgIpc) is 2.41. The molecule has 20 heavy (non-hydrogen) atoms. The Kier molecular flexibility index (Phi) is 4.15. The van der Waals surface area contributed by atoms with Crippen molar-refractivity contribution in [1.29, 1.82) is 0 Å². The van der Waals surface area contributed by atoms with Crippen LogP contribution in [-0.2, 0) is 11.2 Å². The van der Waals surface area contributed by atoms with Crippen LogP contribution in [0.3, 0.4) is 0 Å². The number of anilines is 2. The van der Waals surface area contributed by atoms with Crippen molar-refractivity contribution in [3.8, 4) is 0 Å². The van der Waals surface area contributed by atoms with Crippen molar-refractivity contribution in [3.05, 3.63) is 66.0 Å². The number of amides is 1. The first kappa shape index (κ1) is 13.8. The van der Waals surface area contributed by atoms with Gasteiger partial charge in [-0.25, -0.2) is 0 Å². The minimum absolute atomic E-state index is 0.412. The van der Waals surface area contributed by atoms with Crippen LogP contribution in [0.2, 0.25) is 0 Å². The predicted molar refractivity (Wildman–Crippen MR) is 80.7 cm³/mol. The lowest BCUT2D eigenvalue weighted by atomic mass is 10.1. The molecule has 1 heterocycles. The van der Waals surface area contributed by atoms with Gasteiger partial charge in [0, 0.05) is 35.3 Å². The summed E-state index contributed by atoms with van der Waals surface area (Å²) >= 11 is 0. The largest absolute Gasteiger partial charge is 0.366 e. The first-order valence-electron chi connectivity index (χ1n) is 6.31. The number of benzene rings is 1. The maximum atomic E-state index is 10.9. The second-order valence-electron chi connectivity index (χ2n) is 4.65. The highest BCUT2D eigenvalue weighted by Crippen LogP contribution is 2.18. The van der Waals surface area contributed by atoms with Gasteiger partial charge in [0.1, 0.15) is 0 Å². The molecular formula is C16H17N3O. The van der Waals surface area contributed by atoms with E-state index in [0.717, 1.165) is 22.6 Å². The summed E-state index contributed by atoms with van der Waals surface area (Å²) in [5.41, 5.74) is 9.52. The first-order valence-corrected chi connectivity index (χ1v) is 6.31. The molecule has 0 saturated heterocycles. The van der Waals surface area contributed by atoms with E-state index in [1.807, 2.05) is 43.3 Å². The molecule has 0 atom stereocenters. The van der Waals surface area contributed by atoms with E-state index in [-0.39, 0.29) is 0 Å². The summed E-state index contributed by atoms with van der Waals surface area (Å²) in [4.78, 5) is 15.1. The van der Waals surface area contributed by atoms with Gasteiger partial charge in [0.2, 0.25) is 5.91 Å². The topological polar surface area (TPSA) is 68.0 Å². The smallest absolute Gasteiger partial charge is 0.244 e. The molecule has 0 aliphatic rings. The lowest BCUT2D eigenvalue weighted by Gasteiger charge is -2.08. The average molecular weight is 267 g/mol. The van der Waals surface area contributed by atoms with E-state index >= 15 is 0 Å². The molecule has 0 saturated carbocycles. The molecule has 4 nitrogen and oxygen atoms in total. The van der Waals surface area contributed by atoms with Gasteiger partial charge in [-0.1, -0.05) is 18.7 Å². The third kappa shape index (κ3) is 3.68. The molecule has 0 aliphatic carbocycles. The highest BCUT2D eigenvalue weighted by molar-refractivity contribution is 5.91. The fourth-order valence-electron chi connectivity index (χ4n) is 1.83. The van der Waals surface area contributed by atoms with Gasteiger partial charge in [-0.3, -0.25) is 9.78 Å². The summed E-state index contributed by atoms with van der Waals surface area (Å²) < 4.78 is 0. The van der Waals surface area contributed by atoms with Crippen molar-refractivity contribution < 1.29 is 4.79 Å². The maximum Gasteiger partial charge on any atom is 0.244 e. The summed E-state index contributed by atoms with van der Waals surface area (Å²) in [6, 6.07) is 11.7. The van der Waals surface area contributed by atoms with E-state index in [1.54, 1.807) is 6.20 Å². The van der Waals surface area contributed by atoms with Gasteiger partial charge < -0.3 is 11.1 Å². The molecule has 1 aromatic heterocycles. The van der Waals surface area contributed by atoms with Crippen LogP contribution in [0.1, 0.15) is 11.3 Å². The van der Waals surface area contributed by atoms with Gasteiger partial charge in [-0.2, -0.15) is 0 Å². The number of carbonyl (C=O) groups excluding carboxylic acids is 1. The Hall–Kier alpha value is -2.62. The monoisotopic (exact) mass is 267 g/mol. The Morgan fingerprint density at radius 1 is 1.25 bits per heavy atom. The number of rotatable bonds is 5. The zero-order chi connectivity index (χ0) is 14.5. The fraction of sp³-hybridized carbons (Fsp3) is 0.125. The molecule has 0 spiro atoms. The third-order valence-corrected chi connectivity index (χ3v) is 2.91. The van der Waals surface area contributed by atoms with Crippen LogP contribution in [-0.4, -0.2) is 10.9 Å². The third-order valence-electron chi connectivity index (χ3n) is 2.91. The Labute approximate surface area is 118 Å². The predicted octanol–water partition coefficient (Wildman–Crippen LogP) is 2.72. The molecule has 1 aromatic carbocycles. The zero-order valence-electron chi connectivity index (χ0n) is 11.4. The minimum atomic E-state index is -0.459.